The van der Waals surface area contributed by atoms with E-state index < -0.39 is 17.5 Å². The standard InChI is InChI=1S/C35H43N3O5S/c39-31(16-8-7-15-30-32-29(23-44-30)36-34(41)37-32)43-35(24-11-3-1-4-12-24,25-13-5-2-6-14-25)33(40)42-28-21-26-17-18-27(22-28)38(26)19-9-10-20-38/h1-6,11-14,26-30,32H,7-10,15-23H2,(H-,36,37,41)/p+1/t26?,27?,28?,29-,30-,32-/m0/s1. The average molecular weight is 619 g/mol. The number of carbonyl (C=O) groups excluding carboxylic acids is 3. The number of nitrogens with one attached hydrogen (secondary N) is 2. The topological polar surface area (TPSA) is 93.7 Å². The average Bonchev–Trinajstić information content (AvgIpc) is 3.80. The molecule has 8 nitrogen and oxygen atoms in total. The summed E-state index contributed by atoms with van der Waals surface area (Å²) in [5.41, 5.74) is -0.474. The summed E-state index contributed by atoms with van der Waals surface area (Å²) < 4.78 is 14.0. The number of benzene rings is 2. The van der Waals surface area contributed by atoms with Gasteiger partial charge in [0, 0.05) is 67.1 Å². The van der Waals surface area contributed by atoms with Crippen LogP contribution in [0.15, 0.2) is 60.7 Å². The van der Waals surface area contributed by atoms with Crippen molar-refractivity contribution in [2.24, 2.45) is 0 Å². The molecule has 5 heterocycles. The van der Waals surface area contributed by atoms with Crippen LogP contribution < -0.4 is 10.6 Å². The Morgan fingerprint density at radius 3 is 2.16 bits per heavy atom. The van der Waals surface area contributed by atoms with Crippen molar-refractivity contribution in [1.82, 2.24) is 10.6 Å². The normalized spacial score (nSPS) is 30.0. The zero-order valence-electron chi connectivity index (χ0n) is 25.3. The summed E-state index contributed by atoms with van der Waals surface area (Å²) in [6.07, 6.45) is 9.21. The number of urea groups is 1. The minimum atomic E-state index is -1.68. The van der Waals surface area contributed by atoms with Crippen molar-refractivity contribution in [1.29, 1.82) is 0 Å². The van der Waals surface area contributed by atoms with E-state index in [9.17, 15) is 14.4 Å². The molecule has 7 rings (SSSR count). The maximum atomic E-state index is 14.5. The Kier molecular flexibility index (Phi) is 8.35. The number of hydrogen-bond acceptors (Lipinski definition) is 6. The van der Waals surface area contributed by atoms with Crippen molar-refractivity contribution in [2.75, 3.05) is 18.8 Å². The van der Waals surface area contributed by atoms with Crippen LogP contribution in [0.25, 0.3) is 0 Å². The summed E-state index contributed by atoms with van der Waals surface area (Å²) in [6, 6.07) is 20.1. The molecule has 44 heavy (non-hydrogen) atoms. The summed E-state index contributed by atoms with van der Waals surface area (Å²) in [4.78, 5) is 39.8. The zero-order valence-corrected chi connectivity index (χ0v) is 26.1. The molecule has 2 aromatic rings. The quantitative estimate of drug-likeness (QED) is 0.168. The first-order valence-corrected chi connectivity index (χ1v) is 17.6. The van der Waals surface area contributed by atoms with Crippen molar-refractivity contribution in [2.45, 2.75) is 105 Å². The lowest BCUT2D eigenvalue weighted by Gasteiger charge is -2.47. The van der Waals surface area contributed by atoms with E-state index in [2.05, 4.69) is 10.6 Å². The second-order valence-corrected chi connectivity index (χ2v) is 14.7. The zero-order chi connectivity index (χ0) is 30.1. The Hall–Kier alpha value is -3.04. The summed E-state index contributed by atoms with van der Waals surface area (Å²) in [5.74, 6) is 0.00493. The number of ether oxygens (including phenoxy) is 2. The van der Waals surface area contributed by atoms with E-state index in [-0.39, 0.29) is 30.6 Å². The number of unbranched alkanes of at least 4 members (excludes halogenated alkanes) is 1. The van der Waals surface area contributed by atoms with Crippen LogP contribution in [0.3, 0.4) is 0 Å². The van der Waals surface area contributed by atoms with Crippen molar-refractivity contribution in [3.63, 3.8) is 0 Å². The molecule has 234 valence electrons. The molecule has 2 aromatic carbocycles. The third kappa shape index (κ3) is 5.40. The van der Waals surface area contributed by atoms with Crippen LogP contribution in [-0.4, -0.2) is 76.8 Å². The molecule has 2 unspecified atom stereocenters. The lowest BCUT2D eigenvalue weighted by Crippen LogP contribution is -2.60. The van der Waals surface area contributed by atoms with Gasteiger partial charge in [-0.1, -0.05) is 67.1 Å². The van der Waals surface area contributed by atoms with Gasteiger partial charge in [-0.25, -0.2) is 9.59 Å². The van der Waals surface area contributed by atoms with Crippen molar-refractivity contribution in [3.05, 3.63) is 71.8 Å². The molecule has 0 radical (unpaired) electrons. The smallest absolute Gasteiger partial charge is 0.360 e. The predicted molar refractivity (Wildman–Crippen MR) is 169 cm³/mol. The minimum Gasteiger partial charge on any atom is -0.458 e. The molecule has 0 aromatic heterocycles. The number of hydrogen-bond donors (Lipinski definition) is 2. The van der Waals surface area contributed by atoms with Crippen molar-refractivity contribution < 1.29 is 28.3 Å². The van der Waals surface area contributed by atoms with Gasteiger partial charge in [0.05, 0.1) is 37.3 Å². The van der Waals surface area contributed by atoms with Gasteiger partial charge in [0.25, 0.3) is 5.60 Å². The Labute approximate surface area is 264 Å². The minimum absolute atomic E-state index is 0.0862. The van der Waals surface area contributed by atoms with Crippen LogP contribution in [0.2, 0.25) is 0 Å². The van der Waals surface area contributed by atoms with Gasteiger partial charge >= 0.3 is 18.0 Å². The van der Waals surface area contributed by atoms with Gasteiger partial charge in [-0.05, 0) is 12.8 Å². The molecule has 9 heteroatoms. The number of fused-ring (bicyclic) bond motifs is 1. The molecule has 2 N–H and O–H groups in total. The fourth-order valence-electron chi connectivity index (χ4n) is 8.93. The third-order valence-electron chi connectivity index (χ3n) is 11.0. The fraction of sp³-hybridized carbons (Fsp3) is 0.571. The summed E-state index contributed by atoms with van der Waals surface area (Å²) in [7, 11) is 0. The van der Waals surface area contributed by atoms with E-state index in [4.69, 9.17) is 9.47 Å². The highest BCUT2D eigenvalue weighted by molar-refractivity contribution is 8.00. The molecule has 0 saturated carbocycles. The second-order valence-electron chi connectivity index (χ2n) is 13.4. The lowest BCUT2D eigenvalue weighted by molar-refractivity contribution is -0.956. The van der Waals surface area contributed by atoms with Crippen LogP contribution in [0, 0.1) is 0 Å². The van der Waals surface area contributed by atoms with E-state index >= 15 is 0 Å². The molecule has 5 aliphatic heterocycles. The van der Waals surface area contributed by atoms with Gasteiger partial charge in [0.1, 0.15) is 6.10 Å². The van der Waals surface area contributed by atoms with Gasteiger partial charge in [0.15, 0.2) is 0 Å². The van der Waals surface area contributed by atoms with Crippen LogP contribution in [0.1, 0.15) is 75.3 Å². The Morgan fingerprint density at radius 1 is 0.886 bits per heavy atom. The molecule has 1 spiro atoms. The van der Waals surface area contributed by atoms with Gasteiger partial charge < -0.3 is 24.6 Å². The first-order valence-electron chi connectivity index (χ1n) is 16.6. The maximum absolute atomic E-state index is 14.5. The van der Waals surface area contributed by atoms with Crippen LogP contribution in [0.5, 0.6) is 0 Å². The van der Waals surface area contributed by atoms with Crippen LogP contribution in [0.4, 0.5) is 4.79 Å². The van der Waals surface area contributed by atoms with Crippen LogP contribution >= 0.6 is 11.8 Å². The number of nitrogens with zero attached hydrogens (tertiary/aromatic N) is 1. The number of piperidine rings is 1. The largest absolute Gasteiger partial charge is 0.458 e. The van der Waals surface area contributed by atoms with E-state index in [1.54, 1.807) is 0 Å². The molecule has 5 atom stereocenters. The van der Waals surface area contributed by atoms with E-state index in [1.807, 2.05) is 72.4 Å². The fourth-order valence-corrected chi connectivity index (χ4v) is 10.5. The van der Waals surface area contributed by atoms with Crippen molar-refractivity contribution in [3.8, 4) is 0 Å². The molecule has 5 saturated heterocycles. The van der Waals surface area contributed by atoms with Crippen LogP contribution in [-0.2, 0) is 24.7 Å². The Morgan fingerprint density at radius 2 is 1.52 bits per heavy atom. The molecule has 0 aliphatic carbocycles. The number of amides is 2. The number of thioether (sulfide) groups is 1. The van der Waals surface area contributed by atoms with Gasteiger partial charge in [-0.15, -0.1) is 0 Å². The highest BCUT2D eigenvalue weighted by Gasteiger charge is 2.57. The number of rotatable bonds is 10. The van der Waals surface area contributed by atoms with Gasteiger partial charge in [0.2, 0.25) is 0 Å². The lowest BCUT2D eigenvalue weighted by atomic mass is 9.85. The molecular formula is C35H44N3O5S+. The molecule has 2 bridgehead atoms. The third-order valence-corrected chi connectivity index (χ3v) is 12.5. The summed E-state index contributed by atoms with van der Waals surface area (Å²) >= 11 is 1.88. The highest BCUT2D eigenvalue weighted by Crippen LogP contribution is 2.47. The molecule has 5 aliphatic rings. The SMILES string of the molecule is O=C1N[C@H]2[C@H](CS[C@H]2CCCCC(=O)OC(C(=O)OC2CC3CCC(C2)[N+]32CCCC2)(c2ccccc2)c2ccccc2)N1. The monoisotopic (exact) mass is 618 g/mol. The van der Waals surface area contributed by atoms with Gasteiger partial charge in [-0.2, -0.15) is 11.8 Å². The summed E-state index contributed by atoms with van der Waals surface area (Å²) in [6.45, 7) is 2.52. The number of esters is 2. The first kappa shape index (κ1) is 29.7. The summed E-state index contributed by atoms with van der Waals surface area (Å²) in [5, 5.41) is 6.36. The predicted octanol–water partition coefficient (Wildman–Crippen LogP) is 5.05. The van der Waals surface area contributed by atoms with Gasteiger partial charge in [-0.3, -0.25) is 4.79 Å². The number of quaternary nitrogens is 1. The Bertz CT molecular complexity index is 1300. The molecule has 5 fully saturated rings. The highest BCUT2D eigenvalue weighted by atomic mass is 32.2. The van der Waals surface area contributed by atoms with E-state index in [1.165, 1.54) is 43.3 Å². The first-order chi connectivity index (χ1) is 21.5. The van der Waals surface area contributed by atoms with E-state index in [0.29, 0.717) is 34.9 Å². The second kappa shape index (κ2) is 12.4. The Balaban J connectivity index is 1.07. The van der Waals surface area contributed by atoms with Crippen molar-refractivity contribution >= 4 is 29.7 Å². The number of carbonyl (C=O) groups is 3. The maximum Gasteiger partial charge on any atom is 0.360 e. The van der Waals surface area contributed by atoms with E-state index in [0.717, 1.165) is 31.4 Å². The molecular weight excluding hydrogens is 574 g/mol. The molecule has 2 amide bonds.